The maximum absolute atomic E-state index is 11.2. The van der Waals surface area contributed by atoms with Crippen LogP contribution in [0.1, 0.15) is 13.8 Å². The van der Waals surface area contributed by atoms with Crippen LogP contribution in [0, 0.1) is 11.3 Å². The van der Waals surface area contributed by atoms with Crippen molar-refractivity contribution in [1.82, 2.24) is 0 Å². The van der Waals surface area contributed by atoms with Crippen LogP contribution in [0.15, 0.2) is 22.8 Å². The van der Waals surface area contributed by atoms with Crippen molar-refractivity contribution in [3.8, 4) is 6.07 Å². The van der Waals surface area contributed by atoms with E-state index in [2.05, 4.69) is 0 Å². The average molecular weight is 164 g/mol. The first-order chi connectivity index (χ1) is 5.57. The molecule has 0 aromatic heterocycles. The number of ketones is 1. The normalized spacial score (nSPS) is 20.6. The largest absolute Gasteiger partial charge is 0.436 e. The number of Topliss-reactive ketones (excluding diaryl/α,β-unsaturated/α-hetero) is 1. The summed E-state index contributed by atoms with van der Waals surface area (Å²) in [5, 5.41) is 8.49. The minimum absolute atomic E-state index is 0.0486. The molecule has 0 atom stereocenters. The predicted octanol–water partition coefficient (Wildman–Crippen LogP) is 0.573. The SMILES string of the molecule is CC1=C(N)O/C(=C(/C)C#N)C1=O. The van der Waals surface area contributed by atoms with E-state index >= 15 is 0 Å². The molecule has 4 heteroatoms. The van der Waals surface area contributed by atoms with E-state index in [0.717, 1.165) is 0 Å². The van der Waals surface area contributed by atoms with E-state index in [0.29, 0.717) is 5.57 Å². The van der Waals surface area contributed by atoms with Gasteiger partial charge in [0, 0.05) is 0 Å². The van der Waals surface area contributed by atoms with Crippen LogP contribution in [0.5, 0.6) is 0 Å². The first kappa shape index (κ1) is 8.34. The number of nitrogens with two attached hydrogens (primary N) is 1. The average Bonchev–Trinajstić information content (AvgIpc) is 2.32. The molecule has 0 aromatic carbocycles. The van der Waals surface area contributed by atoms with E-state index in [9.17, 15) is 4.79 Å². The van der Waals surface area contributed by atoms with E-state index in [-0.39, 0.29) is 23.0 Å². The monoisotopic (exact) mass is 164 g/mol. The van der Waals surface area contributed by atoms with Gasteiger partial charge in [-0.25, -0.2) is 0 Å². The highest BCUT2D eigenvalue weighted by Gasteiger charge is 2.27. The van der Waals surface area contributed by atoms with Gasteiger partial charge in [-0.05, 0) is 13.8 Å². The van der Waals surface area contributed by atoms with Crippen molar-refractivity contribution in [2.24, 2.45) is 5.73 Å². The molecule has 1 heterocycles. The second kappa shape index (κ2) is 2.70. The molecule has 1 aliphatic rings. The Morgan fingerprint density at radius 1 is 1.67 bits per heavy atom. The summed E-state index contributed by atoms with van der Waals surface area (Å²) in [4.78, 5) is 11.2. The summed E-state index contributed by atoms with van der Waals surface area (Å²) < 4.78 is 4.90. The van der Waals surface area contributed by atoms with Crippen LogP contribution >= 0.6 is 0 Å². The highest BCUT2D eigenvalue weighted by molar-refractivity contribution is 6.09. The van der Waals surface area contributed by atoms with Crippen LogP contribution in [0.3, 0.4) is 0 Å². The molecule has 2 N–H and O–H groups in total. The van der Waals surface area contributed by atoms with Gasteiger partial charge in [0.05, 0.1) is 17.2 Å². The van der Waals surface area contributed by atoms with Crippen molar-refractivity contribution >= 4 is 5.78 Å². The molecule has 0 bridgehead atoms. The lowest BCUT2D eigenvalue weighted by Crippen LogP contribution is -1.99. The lowest BCUT2D eigenvalue weighted by atomic mass is 10.1. The molecule has 0 saturated carbocycles. The van der Waals surface area contributed by atoms with Gasteiger partial charge in [0.1, 0.15) is 0 Å². The van der Waals surface area contributed by atoms with Gasteiger partial charge in [-0.3, -0.25) is 4.79 Å². The van der Waals surface area contributed by atoms with Crippen LogP contribution in [0.4, 0.5) is 0 Å². The second-order valence-electron chi connectivity index (χ2n) is 2.49. The Balaban J connectivity index is 3.12. The summed E-state index contributed by atoms with van der Waals surface area (Å²) in [5.41, 5.74) is 5.96. The summed E-state index contributed by atoms with van der Waals surface area (Å²) >= 11 is 0. The van der Waals surface area contributed by atoms with Crippen molar-refractivity contribution in [3.63, 3.8) is 0 Å². The molecule has 12 heavy (non-hydrogen) atoms. The smallest absolute Gasteiger partial charge is 0.230 e. The number of carbonyl (C=O) groups excluding carboxylic acids is 1. The van der Waals surface area contributed by atoms with Gasteiger partial charge < -0.3 is 10.5 Å². The number of hydrogen-bond donors (Lipinski definition) is 1. The van der Waals surface area contributed by atoms with Gasteiger partial charge >= 0.3 is 0 Å². The summed E-state index contributed by atoms with van der Waals surface area (Å²) in [6.45, 7) is 3.08. The molecule has 4 nitrogen and oxygen atoms in total. The van der Waals surface area contributed by atoms with Crippen molar-refractivity contribution in [2.75, 3.05) is 0 Å². The molecule has 0 fully saturated rings. The van der Waals surface area contributed by atoms with Crippen molar-refractivity contribution < 1.29 is 9.53 Å². The molecule has 0 radical (unpaired) electrons. The number of carbonyl (C=O) groups is 1. The lowest BCUT2D eigenvalue weighted by molar-refractivity contribution is -0.113. The minimum atomic E-state index is -0.299. The highest BCUT2D eigenvalue weighted by atomic mass is 16.5. The van der Waals surface area contributed by atoms with Gasteiger partial charge in [-0.15, -0.1) is 0 Å². The van der Waals surface area contributed by atoms with Crippen LogP contribution in [0.25, 0.3) is 0 Å². The fraction of sp³-hybridized carbons (Fsp3) is 0.250. The fourth-order valence-electron chi connectivity index (χ4n) is 0.813. The van der Waals surface area contributed by atoms with E-state index in [1.807, 2.05) is 6.07 Å². The zero-order chi connectivity index (χ0) is 9.30. The van der Waals surface area contributed by atoms with Crippen LogP contribution in [-0.4, -0.2) is 5.78 Å². The maximum atomic E-state index is 11.2. The van der Waals surface area contributed by atoms with Crippen LogP contribution in [-0.2, 0) is 9.53 Å². The summed E-state index contributed by atoms with van der Waals surface area (Å²) in [6.07, 6.45) is 0. The molecule has 0 unspecified atom stereocenters. The Labute approximate surface area is 69.9 Å². The van der Waals surface area contributed by atoms with Gasteiger partial charge in [0.25, 0.3) is 0 Å². The molecular formula is C8H8N2O2. The topological polar surface area (TPSA) is 76.1 Å². The Morgan fingerprint density at radius 2 is 2.25 bits per heavy atom. The quantitative estimate of drug-likeness (QED) is 0.419. The third-order valence-electron chi connectivity index (χ3n) is 1.64. The molecule has 0 aromatic rings. The number of hydrogen-bond acceptors (Lipinski definition) is 4. The number of rotatable bonds is 0. The second-order valence-corrected chi connectivity index (χ2v) is 2.49. The summed E-state index contributed by atoms with van der Waals surface area (Å²) in [5.74, 6) is -0.163. The molecule has 1 aliphatic heterocycles. The van der Waals surface area contributed by atoms with Crippen molar-refractivity contribution in [2.45, 2.75) is 13.8 Å². The Bertz CT molecular complexity index is 345. The van der Waals surface area contributed by atoms with Gasteiger partial charge in [-0.1, -0.05) is 0 Å². The summed E-state index contributed by atoms with van der Waals surface area (Å²) in [6, 6.07) is 1.83. The summed E-state index contributed by atoms with van der Waals surface area (Å²) in [7, 11) is 0. The number of ether oxygens (including phenoxy) is 1. The molecule has 0 spiro atoms. The number of nitriles is 1. The van der Waals surface area contributed by atoms with Gasteiger partial charge in [0.15, 0.2) is 11.6 Å². The number of allylic oxidation sites excluding steroid dienone is 2. The lowest BCUT2D eigenvalue weighted by Gasteiger charge is -1.97. The third kappa shape index (κ3) is 1.05. The fourth-order valence-corrected chi connectivity index (χ4v) is 0.813. The first-order valence-corrected chi connectivity index (χ1v) is 3.37. The minimum Gasteiger partial charge on any atom is -0.436 e. The standard InChI is InChI=1S/C8H8N2O2/c1-4(3-9)7-6(11)5(2)8(10)12-7/h10H2,1-2H3/b7-4-. The Kier molecular flexibility index (Phi) is 1.88. The zero-order valence-corrected chi connectivity index (χ0v) is 6.84. The molecule has 0 saturated heterocycles. The van der Waals surface area contributed by atoms with Crippen molar-refractivity contribution in [3.05, 3.63) is 22.8 Å². The van der Waals surface area contributed by atoms with Gasteiger partial charge in [-0.2, -0.15) is 5.26 Å². The van der Waals surface area contributed by atoms with Crippen molar-refractivity contribution in [1.29, 1.82) is 5.26 Å². The first-order valence-electron chi connectivity index (χ1n) is 3.37. The maximum Gasteiger partial charge on any atom is 0.230 e. The number of nitrogens with zero attached hydrogens (tertiary/aromatic N) is 1. The molecular weight excluding hydrogens is 156 g/mol. The molecule has 1 rings (SSSR count). The predicted molar refractivity (Wildman–Crippen MR) is 41.3 cm³/mol. The Hall–Kier alpha value is -1.76. The van der Waals surface area contributed by atoms with E-state index < -0.39 is 0 Å². The third-order valence-corrected chi connectivity index (χ3v) is 1.64. The molecule has 0 amide bonds. The molecule has 0 aliphatic carbocycles. The highest BCUT2D eigenvalue weighted by Crippen LogP contribution is 2.23. The van der Waals surface area contributed by atoms with Gasteiger partial charge in [0.2, 0.25) is 5.78 Å². The van der Waals surface area contributed by atoms with E-state index in [1.165, 1.54) is 6.92 Å². The zero-order valence-electron chi connectivity index (χ0n) is 6.84. The molecule has 62 valence electrons. The van der Waals surface area contributed by atoms with E-state index in [4.69, 9.17) is 15.7 Å². The van der Waals surface area contributed by atoms with Crippen LogP contribution < -0.4 is 5.73 Å². The van der Waals surface area contributed by atoms with Crippen LogP contribution in [0.2, 0.25) is 0 Å². The van der Waals surface area contributed by atoms with E-state index in [1.54, 1.807) is 6.92 Å². The Morgan fingerprint density at radius 3 is 2.58 bits per heavy atom.